The Labute approximate surface area is 327 Å². The monoisotopic (exact) mass is 776 g/mol. The fourth-order valence-electron chi connectivity index (χ4n) is 13.1. The van der Waals surface area contributed by atoms with Crippen LogP contribution in [0, 0.1) is 34.5 Å². The molecule has 0 bridgehead atoms. The maximum Gasteiger partial charge on any atom is 0.161 e. The summed E-state index contributed by atoms with van der Waals surface area (Å²) < 4.78 is 48.8. The van der Waals surface area contributed by atoms with Crippen LogP contribution in [0.5, 0.6) is 0 Å². The molecule has 4 heterocycles. The molecule has 3 saturated heterocycles. The van der Waals surface area contributed by atoms with E-state index in [9.17, 15) is 20.4 Å². The summed E-state index contributed by atoms with van der Waals surface area (Å²) in [4.78, 5) is 0. The first-order valence-corrected chi connectivity index (χ1v) is 21.4. The minimum absolute atomic E-state index is 0.0134. The maximum atomic E-state index is 12.6. The van der Waals surface area contributed by atoms with Gasteiger partial charge in [-0.25, -0.2) is 0 Å². The zero-order chi connectivity index (χ0) is 39.0. The molecule has 4 N–H and O–H groups in total. The van der Waals surface area contributed by atoms with Crippen LogP contribution < -0.4 is 0 Å². The van der Waals surface area contributed by atoms with Crippen LogP contribution in [0.25, 0.3) is 0 Å². The van der Waals surface area contributed by atoms with E-state index in [-0.39, 0.29) is 53.7 Å². The van der Waals surface area contributed by atoms with E-state index in [1.807, 2.05) is 26.8 Å². The van der Waals surface area contributed by atoms with Gasteiger partial charge in [-0.05, 0) is 119 Å². The van der Waals surface area contributed by atoms with Gasteiger partial charge >= 0.3 is 0 Å². The van der Waals surface area contributed by atoms with Gasteiger partial charge in [-0.3, -0.25) is 0 Å². The van der Waals surface area contributed by atoms with E-state index in [0.717, 1.165) is 44.9 Å². The van der Waals surface area contributed by atoms with Crippen LogP contribution >= 0.6 is 0 Å². The molecule has 7 fully saturated rings. The summed E-state index contributed by atoms with van der Waals surface area (Å²) in [6.45, 7) is 14.8. The zero-order valence-corrected chi connectivity index (χ0v) is 33.8. The molecule has 12 heteroatoms. The highest BCUT2D eigenvalue weighted by Crippen LogP contribution is 2.70. The molecular weight excluding hydrogens is 708 g/mol. The lowest BCUT2D eigenvalue weighted by Crippen LogP contribution is -2.67. The van der Waals surface area contributed by atoms with Gasteiger partial charge in [0, 0.05) is 31.8 Å². The third-order valence-corrected chi connectivity index (χ3v) is 16.2. The number of hydrogen-bond acceptors (Lipinski definition) is 12. The smallest absolute Gasteiger partial charge is 0.161 e. The number of methoxy groups -OCH3 is 1. The highest BCUT2D eigenvalue weighted by atomic mass is 16.7. The lowest BCUT2D eigenvalue weighted by Gasteiger charge is -2.65. The molecule has 10 unspecified atom stereocenters. The van der Waals surface area contributed by atoms with Gasteiger partial charge in [0.05, 0.1) is 54.4 Å². The Kier molecular flexibility index (Phi) is 11.4. The Morgan fingerprint density at radius 2 is 1.42 bits per heavy atom. The minimum atomic E-state index is -0.912. The van der Waals surface area contributed by atoms with E-state index in [1.54, 1.807) is 7.11 Å². The lowest BCUT2D eigenvalue weighted by atomic mass is 9.42. The van der Waals surface area contributed by atoms with Crippen LogP contribution in [-0.2, 0) is 37.9 Å². The van der Waals surface area contributed by atoms with Crippen molar-refractivity contribution in [3.8, 4) is 0 Å². The highest BCUT2D eigenvalue weighted by molar-refractivity contribution is 5.32. The van der Waals surface area contributed by atoms with Crippen molar-refractivity contribution in [2.75, 3.05) is 13.7 Å². The molecule has 0 spiro atoms. The molecule has 55 heavy (non-hydrogen) atoms. The van der Waals surface area contributed by atoms with Crippen LogP contribution in [0.3, 0.4) is 0 Å². The van der Waals surface area contributed by atoms with Crippen molar-refractivity contribution in [1.29, 1.82) is 0 Å². The van der Waals surface area contributed by atoms with Gasteiger partial charge < -0.3 is 58.3 Å². The summed E-state index contributed by atoms with van der Waals surface area (Å²) in [7, 11) is 1.57. The third kappa shape index (κ3) is 7.09. The molecule has 4 aliphatic carbocycles. The van der Waals surface area contributed by atoms with E-state index < -0.39 is 60.4 Å². The molecule has 4 aliphatic heterocycles. The van der Waals surface area contributed by atoms with Crippen LogP contribution in [0.15, 0.2) is 24.0 Å². The Hall–Kier alpha value is -1.16. The number of ether oxygens (including phenoxy) is 8. The topological polar surface area (TPSA) is 155 Å². The molecule has 312 valence electrons. The van der Waals surface area contributed by atoms with Gasteiger partial charge in [-0.1, -0.05) is 20.4 Å². The van der Waals surface area contributed by atoms with Gasteiger partial charge in [-0.2, -0.15) is 0 Å². The number of rotatable bonds is 8. The number of hydrogen-bond donors (Lipinski definition) is 4. The third-order valence-electron chi connectivity index (χ3n) is 16.2. The second-order valence-electron chi connectivity index (χ2n) is 19.0. The number of aliphatic hydroxyl groups is 4. The first kappa shape index (κ1) is 40.6. The fourth-order valence-corrected chi connectivity index (χ4v) is 13.1. The molecule has 0 radical (unpaired) electrons. The normalized spacial score (nSPS) is 54.2. The van der Waals surface area contributed by atoms with Gasteiger partial charge in [0.15, 0.2) is 18.9 Å². The minimum Gasteiger partial charge on any atom is -0.490 e. The lowest BCUT2D eigenvalue weighted by molar-refractivity contribution is -0.324. The largest absolute Gasteiger partial charge is 0.490 e. The maximum absolute atomic E-state index is 12.6. The van der Waals surface area contributed by atoms with Gasteiger partial charge in [0.1, 0.15) is 24.6 Å². The standard InChI is InChI=1S/C43H68O12/c1-22-16-26(21-49-22)29-13-15-43(47)30-9-8-27-17-28(12-14-41(27,5)31(30)18-35(46)42(29,43)6)53-37-20-33(45)40(25(4)52-37)55-36-11-10-34(23(2)50-36)54-38-19-32(44)39(48-7)24(3)51-38/h16,23-25,27-40,44-47H,1,8-15,17-21H2,2-7H3/t23-,24-,25-,27?,28?,29+,30?,31?,32+,33+,34?,35?,36?,37+,38?,39-,40?,41+,42+,43?/m1/s1. The number of fused-ring (bicyclic) bond motifs is 5. The molecule has 0 aromatic rings. The summed E-state index contributed by atoms with van der Waals surface area (Å²) in [6.07, 6.45) is 5.40. The Morgan fingerprint density at radius 1 is 0.727 bits per heavy atom. The van der Waals surface area contributed by atoms with Crippen molar-refractivity contribution in [2.45, 2.75) is 197 Å². The van der Waals surface area contributed by atoms with Crippen molar-refractivity contribution in [2.24, 2.45) is 34.5 Å². The molecule has 20 atom stereocenters. The molecule has 8 aliphatic rings. The van der Waals surface area contributed by atoms with Crippen molar-refractivity contribution < 1.29 is 58.3 Å². The summed E-state index contributed by atoms with van der Waals surface area (Å²) >= 11 is 0. The van der Waals surface area contributed by atoms with Crippen LogP contribution in [-0.4, -0.2) is 120 Å². The predicted molar refractivity (Wildman–Crippen MR) is 200 cm³/mol. The van der Waals surface area contributed by atoms with Crippen LogP contribution in [0.4, 0.5) is 0 Å². The summed E-state index contributed by atoms with van der Waals surface area (Å²) in [5.41, 5.74) is -0.331. The predicted octanol–water partition coefficient (Wildman–Crippen LogP) is 4.89. The van der Waals surface area contributed by atoms with Gasteiger partial charge in [0.25, 0.3) is 0 Å². The van der Waals surface area contributed by atoms with E-state index >= 15 is 0 Å². The van der Waals surface area contributed by atoms with E-state index in [4.69, 9.17) is 37.9 Å². The summed E-state index contributed by atoms with van der Waals surface area (Å²) in [6, 6.07) is 0. The molecule has 0 amide bonds. The van der Waals surface area contributed by atoms with Gasteiger partial charge in [-0.15, -0.1) is 0 Å². The SMILES string of the molecule is C=C1C=C([C@@H]2CCC3(O)C4CCC5CC(O[C@H]6C[C@H](O)C(OC7CCC(OC8C[C@H](O)[C@H](OC)[C@@H](C)O8)[C@@H](C)O7)[C@@H](C)O6)CC[C@]5(C)C4CC(O)[C@]23C)CO1. The molecule has 12 nitrogen and oxygen atoms in total. The van der Waals surface area contributed by atoms with Crippen molar-refractivity contribution in [1.82, 2.24) is 0 Å². The molecule has 0 aromatic heterocycles. The van der Waals surface area contributed by atoms with E-state index in [0.29, 0.717) is 50.4 Å². The zero-order valence-electron chi connectivity index (χ0n) is 33.8. The summed E-state index contributed by atoms with van der Waals surface area (Å²) in [5.74, 6) is 1.61. The Balaban J connectivity index is 0.823. The van der Waals surface area contributed by atoms with E-state index in [1.165, 1.54) is 5.57 Å². The van der Waals surface area contributed by atoms with Gasteiger partial charge in [0.2, 0.25) is 0 Å². The molecule has 4 saturated carbocycles. The highest BCUT2D eigenvalue weighted by Gasteiger charge is 2.70. The second kappa shape index (κ2) is 15.5. The van der Waals surface area contributed by atoms with Crippen LogP contribution in [0.2, 0.25) is 0 Å². The molecule has 8 rings (SSSR count). The second-order valence-corrected chi connectivity index (χ2v) is 19.0. The first-order valence-electron chi connectivity index (χ1n) is 21.4. The summed E-state index contributed by atoms with van der Waals surface area (Å²) in [5, 5.41) is 46.4. The Bertz CT molecular complexity index is 1400. The molecule has 0 aromatic carbocycles. The number of allylic oxidation sites excluding steroid dienone is 1. The quantitative estimate of drug-likeness (QED) is 0.248. The van der Waals surface area contributed by atoms with Crippen LogP contribution in [0.1, 0.15) is 112 Å². The van der Waals surface area contributed by atoms with E-state index in [2.05, 4.69) is 20.4 Å². The van der Waals surface area contributed by atoms with Crippen molar-refractivity contribution >= 4 is 0 Å². The van der Waals surface area contributed by atoms with Crippen molar-refractivity contribution in [3.05, 3.63) is 24.0 Å². The Morgan fingerprint density at radius 3 is 2.07 bits per heavy atom. The first-order chi connectivity index (χ1) is 26.1. The van der Waals surface area contributed by atoms with Crippen molar-refractivity contribution in [3.63, 3.8) is 0 Å². The average Bonchev–Trinajstić information content (AvgIpc) is 3.68. The molecular formula is C43H68O12. The number of aliphatic hydroxyl groups excluding tert-OH is 3. The fraction of sp³-hybridized carbons (Fsp3) is 0.907. The average molecular weight is 777 g/mol.